The van der Waals surface area contributed by atoms with Crippen molar-refractivity contribution in [2.45, 2.75) is 17.7 Å². The lowest BCUT2D eigenvalue weighted by atomic mass is 9.89. The molecular weight excluding hydrogens is 576 g/mol. The summed E-state index contributed by atoms with van der Waals surface area (Å²) < 4.78 is 46.2. The van der Waals surface area contributed by atoms with Crippen LogP contribution >= 0.6 is 11.3 Å². The molecule has 0 radical (unpaired) electrons. The SMILES string of the molecule is CCOC(=O)C1=c2sc(=Cc3cccc(OC)c3)c(=O)n2C(N)=C(S(=O)(=O)c2ccccc2)C1c1cccc(OC)c1. The molecule has 4 aromatic rings. The fourth-order valence-corrected chi connectivity index (χ4v) is 7.72. The summed E-state index contributed by atoms with van der Waals surface area (Å²) in [6.07, 6.45) is 1.64. The third-order valence-electron chi connectivity index (χ3n) is 6.76. The molecule has 0 amide bonds. The van der Waals surface area contributed by atoms with E-state index in [0.29, 0.717) is 22.6 Å². The number of esters is 1. The molecular formula is C31H28N2O7S2. The molecule has 0 saturated carbocycles. The van der Waals surface area contributed by atoms with Gasteiger partial charge in [-0.15, -0.1) is 11.3 Å². The molecule has 1 atom stereocenters. The zero-order chi connectivity index (χ0) is 30.0. The highest BCUT2D eigenvalue weighted by molar-refractivity contribution is 7.95. The van der Waals surface area contributed by atoms with E-state index in [1.165, 1.54) is 26.4 Å². The first-order valence-corrected chi connectivity index (χ1v) is 15.2. The number of hydrogen-bond donors (Lipinski definition) is 1. The Balaban J connectivity index is 1.92. The van der Waals surface area contributed by atoms with Gasteiger partial charge in [-0.05, 0) is 60.5 Å². The van der Waals surface area contributed by atoms with Crippen molar-refractivity contribution >= 4 is 44.6 Å². The average molecular weight is 605 g/mol. The predicted octanol–water partition coefficient (Wildman–Crippen LogP) is 2.83. The molecule has 2 heterocycles. The fourth-order valence-electron chi connectivity index (χ4n) is 4.85. The molecule has 0 saturated heterocycles. The second-order valence-corrected chi connectivity index (χ2v) is 12.2. The van der Waals surface area contributed by atoms with Crippen LogP contribution in [0.4, 0.5) is 0 Å². The Labute approximate surface area is 246 Å². The van der Waals surface area contributed by atoms with Gasteiger partial charge in [0, 0.05) is 0 Å². The minimum atomic E-state index is -4.32. The number of methoxy groups -OCH3 is 2. The molecule has 0 fully saturated rings. The lowest BCUT2D eigenvalue weighted by Gasteiger charge is -2.28. The van der Waals surface area contributed by atoms with Gasteiger partial charge in [-0.2, -0.15) is 0 Å². The molecule has 1 aromatic heterocycles. The number of nitrogens with two attached hydrogens (primary N) is 1. The average Bonchev–Trinajstić information content (AvgIpc) is 3.32. The number of carbonyl (C=O) groups is 1. The summed E-state index contributed by atoms with van der Waals surface area (Å²) in [6, 6.07) is 21.6. The van der Waals surface area contributed by atoms with Crippen molar-refractivity contribution in [1.82, 2.24) is 4.57 Å². The number of fused-ring (bicyclic) bond motifs is 1. The van der Waals surface area contributed by atoms with Crippen molar-refractivity contribution in [3.63, 3.8) is 0 Å². The molecule has 1 aliphatic heterocycles. The molecule has 0 aliphatic carbocycles. The first-order valence-electron chi connectivity index (χ1n) is 12.9. The molecule has 9 nitrogen and oxygen atoms in total. The van der Waals surface area contributed by atoms with Crippen LogP contribution in [0.15, 0.2) is 93.5 Å². The quantitative estimate of drug-likeness (QED) is 0.304. The van der Waals surface area contributed by atoms with Crippen molar-refractivity contribution in [2.24, 2.45) is 5.73 Å². The maximum Gasteiger partial charge on any atom is 0.338 e. The molecule has 1 unspecified atom stereocenters. The predicted molar refractivity (Wildman–Crippen MR) is 161 cm³/mol. The highest BCUT2D eigenvalue weighted by Gasteiger charge is 2.42. The van der Waals surface area contributed by atoms with Crippen LogP contribution in [0.1, 0.15) is 24.0 Å². The monoisotopic (exact) mass is 604 g/mol. The van der Waals surface area contributed by atoms with Gasteiger partial charge in [0.05, 0.1) is 41.7 Å². The number of sulfone groups is 1. The molecule has 1 aliphatic rings. The maximum atomic E-state index is 14.3. The number of nitrogens with zero attached hydrogens (tertiary/aromatic N) is 1. The number of allylic oxidation sites excluding steroid dienone is 1. The topological polar surface area (TPSA) is 127 Å². The number of thiazole rings is 1. The van der Waals surface area contributed by atoms with Gasteiger partial charge >= 0.3 is 5.97 Å². The van der Waals surface area contributed by atoms with Crippen LogP contribution in [0.25, 0.3) is 17.5 Å². The summed E-state index contributed by atoms with van der Waals surface area (Å²) in [7, 11) is -1.30. The lowest BCUT2D eigenvalue weighted by molar-refractivity contribution is -0.136. The second-order valence-electron chi connectivity index (χ2n) is 9.24. The first kappa shape index (κ1) is 28.9. The number of rotatable bonds is 8. The highest BCUT2D eigenvalue weighted by atomic mass is 32.2. The zero-order valence-corrected chi connectivity index (χ0v) is 24.7. The van der Waals surface area contributed by atoms with Crippen LogP contribution in [-0.2, 0) is 19.4 Å². The number of benzene rings is 3. The van der Waals surface area contributed by atoms with Crippen LogP contribution in [-0.4, -0.2) is 39.8 Å². The third kappa shape index (κ3) is 5.12. The van der Waals surface area contributed by atoms with Crippen LogP contribution in [0.2, 0.25) is 0 Å². The van der Waals surface area contributed by atoms with Crippen LogP contribution in [0.5, 0.6) is 11.5 Å². The van der Waals surface area contributed by atoms with E-state index in [2.05, 4.69) is 0 Å². The Morgan fingerprint density at radius 1 is 0.976 bits per heavy atom. The summed E-state index contributed by atoms with van der Waals surface area (Å²) in [6.45, 7) is 1.68. The molecule has 0 bridgehead atoms. The molecule has 2 N–H and O–H groups in total. The van der Waals surface area contributed by atoms with Crippen LogP contribution < -0.4 is 30.0 Å². The summed E-state index contributed by atoms with van der Waals surface area (Å²) >= 11 is 1.03. The maximum absolute atomic E-state index is 14.3. The minimum absolute atomic E-state index is 0.0128. The van der Waals surface area contributed by atoms with Gasteiger partial charge in [-0.25, -0.2) is 13.2 Å². The largest absolute Gasteiger partial charge is 0.497 e. The standard InChI is InChI=1S/C31H28N2O7S2/c1-4-40-31(35)26-25(20-11-9-13-22(18-20)39-3)27(42(36,37)23-14-6-5-7-15-23)28(32)33-29(34)24(41-30(26)33)17-19-10-8-12-21(16-19)38-2/h5-18,25H,4,32H2,1-3H3. The number of carbonyl (C=O) groups excluding carboxylic acids is 1. The fraction of sp³-hybridized carbons (Fsp3) is 0.161. The van der Waals surface area contributed by atoms with Gasteiger partial charge in [0.25, 0.3) is 5.56 Å². The van der Waals surface area contributed by atoms with E-state index in [9.17, 15) is 18.0 Å². The van der Waals surface area contributed by atoms with Crippen LogP contribution in [0, 0.1) is 0 Å². The molecule has 0 spiro atoms. The smallest absolute Gasteiger partial charge is 0.338 e. The first-order chi connectivity index (χ1) is 20.2. The highest BCUT2D eigenvalue weighted by Crippen LogP contribution is 2.42. The van der Waals surface area contributed by atoms with E-state index in [1.54, 1.807) is 79.7 Å². The summed E-state index contributed by atoms with van der Waals surface area (Å²) in [5.74, 6) is -1.19. The summed E-state index contributed by atoms with van der Waals surface area (Å²) in [4.78, 5) is 27.2. The van der Waals surface area contributed by atoms with Gasteiger partial charge in [0.15, 0.2) is 0 Å². The number of hydrogen-bond acceptors (Lipinski definition) is 9. The Morgan fingerprint density at radius 3 is 2.31 bits per heavy atom. The van der Waals surface area contributed by atoms with Crippen molar-refractivity contribution < 1.29 is 27.4 Å². The molecule has 11 heteroatoms. The van der Waals surface area contributed by atoms with Gasteiger partial charge in [0.2, 0.25) is 9.84 Å². The van der Waals surface area contributed by atoms with Crippen molar-refractivity contribution in [3.05, 3.63) is 114 Å². The minimum Gasteiger partial charge on any atom is -0.497 e. The Hall–Kier alpha value is -4.61. The zero-order valence-electron chi connectivity index (χ0n) is 23.1. The second kappa shape index (κ2) is 11.7. The van der Waals surface area contributed by atoms with E-state index < -0.39 is 27.3 Å². The van der Waals surface area contributed by atoms with E-state index in [4.69, 9.17) is 19.9 Å². The summed E-state index contributed by atoms with van der Waals surface area (Å²) in [5, 5.41) is 0. The normalized spacial score (nSPS) is 15.4. The molecule has 3 aromatic carbocycles. The van der Waals surface area contributed by atoms with Gasteiger partial charge in [-0.3, -0.25) is 9.36 Å². The van der Waals surface area contributed by atoms with Crippen molar-refractivity contribution in [3.8, 4) is 11.5 Å². The number of ether oxygens (including phenoxy) is 3. The van der Waals surface area contributed by atoms with Gasteiger partial charge in [-0.1, -0.05) is 42.5 Å². The Kier molecular flexibility index (Phi) is 8.06. The van der Waals surface area contributed by atoms with E-state index >= 15 is 0 Å². The lowest BCUT2D eigenvalue weighted by Crippen LogP contribution is -2.41. The third-order valence-corrected chi connectivity index (χ3v) is 9.78. The Bertz CT molecular complexity index is 1990. The molecule has 216 valence electrons. The Morgan fingerprint density at radius 2 is 1.64 bits per heavy atom. The van der Waals surface area contributed by atoms with Gasteiger partial charge < -0.3 is 19.9 Å². The summed E-state index contributed by atoms with van der Waals surface area (Å²) in [5.41, 5.74) is 7.17. The van der Waals surface area contributed by atoms with Gasteiger partial charge in [0.1, 0.15) is 26.9 Å². The van der Waals surface area contributed by atoms with E-state index in [1.807, 2.05) is 0 Å². The van der Waals surface area contributed by atoms with Crippen molar-refractivity contribution in [1.29, 1.82) is 0 Å². The van der Waals surface area contributed by atoms with Crippen molar-refractivity contribution in [2.75, 3.05) is 20.8 Å². The van der Waals surface area contributed by atoms with Crippen LogP contribution in [0.3, 0.4) is 0 Å². The van der Waals surface area contributed by atoms with E-state index in [0.717, 1.165) is 15.9 Å². The molecule has 42 heavy (non-hydrogen) atoms. The number of aromatic nitrogens is 1. The molecule has 5 rings (SSSR count). The van der Waals surface area contributed by atoms with E-state index in [-0.39, 0.29) is 37.0 Å².